The minimum Gasteiger partial charge on any atom is -0.359 e. The number of rotatable bonds is 4. The van der Waals surface area contributed by atoms with Crippen molar-refractivity contribution in [1.82, 2.24) is 10.6 Å². The van der Waals surface area contributed by atoms with Crippen molar-refractivity contribution in [2.45, 2.75) is 20.0 Å². The van der Waals surface area contributed by atoms with Gasteiger partial charge in [0.15, 0.2) is 0 Å². The van der Waals surface area contributed by atoms with E-state index in [-0.39, 0.29) is 6.17 Å². The first-order chi connectivity index (χ1) is 4.85. The van der Waals surface area contributed by atoms with Crippen LogP contribution in [0.4, 0.5) is 0 Å². The molecule has 0 aliphatic rings. The summed E-state index contributed by atoms with van der Waals surface area (Å²) in [5.74, 6) is 2.79. The molecule has 0 aromatic rings. The van der Waals surface area contributed by atoms with Crippen molar-refractivity contribution in [3.8, 4) is 12.0 Å². The molecular weight excluding hydrogens is 126 g/mol. The molecule has 0 rings (SSSR count). The number of hydrogen-bond donors (Lipinski definition) is 3. The third-order valence-corrected chi connectivity index (χ3v) is 1.04. The Kier molecular flexibility index (Phi) is 5.94. The minimum atomic E-state index is 0.0417. The first kappa shape index (κ1) is 9.28. The molecule has 0 bridgehead atoms. The zero-order valence-corrected chi connectivity index (χ0v) is 6.57. The Morgan fingerprint density at radius 3 is 2.10 bits per heavy atom. The summed E-state index contributed by atoms with van der Waals surface area (Å²) in [5.41, 5.74) is 5.05. The van der Waals surface area contributed by atoms with E-state index in [2.05, 4.69) is 22.6 Å². The van der Waals surface area contributed by atoms with Crippen LogP contribution in [0.2, 0.25) is 0 Å². The Bertz CT molecular complexity index is 117. The molecule has 10 heavy (non-hydrogen) atoms. The highest BCUT2D eigenvalue weighted by molar-refractivity contribution is 5.02. The highest BCUT2D eigenvalue weighted by Gasteiger charge is 1.96. The van der Waals surface area contributed by atoms with E-state index in [0.717, 1.165) is 13.1 Å². The van der Waals surface area contributed by atoms with Crippen LogP contribution in [0.3, 0.4) is 0 Å². The molecule has 0 aromatic carbocycles. The molecule has 0 aliphatic heterocycles. The summed E-state index contributed by atoms with van der Waals surface area (Å²) in [4.78, 5) is 0. The Morgan fingerprint density at radius 2 is 1.80 bits per heavy atom. The summed E-state index contributed by atoms with van der Waals surface area (Å²) in [6.07, 6.45) is 0.0417. The molecule has 58 valence electrons. The van der Waals surface area contributed by atoms with Gasteiger partial charge in [-0.1, -0.05) is 13.8 Å². The van der Waals surface area contributed by atoms with Crippen LogP contribution in [0.15, 0.2) is 0 Å². The molecule has 0 saturated heterocycles. The van der Waals surface area contributed by atoms with E-state index in [1.807, 2.05) is 13.8 Å². The molecule has 0 amide bonds. The third-order valence-electron chi connectivity index (χ3n) is 1.04. The second-order valence-corrected chi connectivity index (χ2v) is 1.84. The van der Waals surface area contributed by atoms with Gasteiger partial charge in [-0.3, -0.25) is 10.6 Å². The largest absolute Gasteiger partial charge is 0.359 e. The lowest BCUT2D eigenvalue weighted by molar-refractivity contribution is 0.533. The van der Waals surface area contributed by atoms with E-state index in [1.165, 1.54) is 0 Å². The van der Waals surface area contributed by atoms with E-state index in [1.54, 1.807) is 0 Å². The standard InChI is InChI=1S/C7H15N3/c1-3-9-7(5-6-8)10-4-2/h7,9-10H,3-4,8H2,1-2H3. The van der Waals surface area contributed by atoms with Crippen LogP contribution in [0.5, 0.6) is 0 Å². The first-order valence-corrected chi connectivity index (χ1v) is 3.53. The molecule has 0 atom stereocenters. The van der Waals surface area contributed by atoms with Crippen LogP contribution in [-0.2, 0) is 0 Å². The van der Waals surface area contributed by atoms with Crippen LogP contribution < -0.4 is 16.4 Å². The lowest BCUT2D eigenvalue weighted by Crippen LogP contribution is -2.40. The number of hydrogen-bond acceptors (Lipinski definition) is 3. The Morgan fingerprint density at radius 1 is 1.30 bits per heavy atom. The van der Waals surface area contributed by atoms with Crippen molar-refractivity contribution in [3.05, 3.63) is 0 Å². The summed E-state index contributed by atoms with van der Waals surface area (Å²) in [6.45, 7) is 5.85. The van der Waals surface area contributed by atoms with E-state index in [9.17, 15) is 0 Å². The van der Waals surface area contributed by atoms with Gasteiger partial charge in [-0.05, 0) is 19.0 Å². The lowest BCUT2D eigenvalue weighted by Gasteiger charge is -2.10. The van der Waals surface area contributed by atoms with Gasteiger partial charge < -0.3 is 5.73 Å². The quantitative estimate of drug-likeness (QED) is 0.280. The van der Waals surface area contributed by atoms with Crippen molar-refractivity contribution >= 4 is 0 Å². The number of nitrogens with one attached hydrogen (secondary N) is 2. The van der Waals surface area contributed by atoms with E-state index < -0.39 is 0 Å². The highest BCUT2D eigenvalue weighted by Crippen LogP contribution is 1.71. The van der Waals surface area contributed by atoms with Crippen LogP contribution in [0, 0.1) is 12.0 Å². The average Bonchev–Trinajstić information content (AvgIpc) is 1.90. The minimum absolute atomic E-state index is 0.0417. The van der Waals surface area contributed by atoms with Crippen molar-refractivity contribution in [1.29, 1.82) is 0 Å². The first-order valence-electron chi connectivity index (χ1n) is 3.53. The monoisotopic (exact) mass is 141 g/mol. The summed E-state index contributed by atoms with van der Waals surface area (Å²) in [7, 11) is 0. The van der Waals surface area contributed by atoms with Crippen molar-refractivity contribution in [2.75, 3.05) is 13.1 Å². The van der Waals surface area contributed by atoms with Gasteiger partial charge in [-0.15, -0.1) is 0 Å². The third kappa shape index (κ3) is 4.19. The molecule has 3 heteroatoms. The molecule has 4 N–H and O–H groups in total. The predicted octanol–water partition coefficient (Wildman–Crippen LogP) is -0.549. The fourth-order valence-electron chi connectivity index (χ4n) is 0.666. The zero-order valence-electron chi connectivity index (χ0n) is 6.57. The van der Waals surface area contributed by atoms with Gasteiger partial charge >= 0.3 is 0 Å². The Balaban J connectivity index is 3.57. The fourth-order valence-corrected chi connectivity index (χ4v) is 0.666. The second-order valence-electron chi connectivity index (χ2n) is 1.84. The van der Waals surface area contributed by atoms with E-state index in [0.29, 0.717) is 0 Å². The van der Waals surface area contributed by atoms with Gasteiger partial charge in [0.1, 0.15) is 6.17 Å². The van der Waals surface area contributed by atoms with Crippen LogP contribution >= 0.6 is 0 Å². The normalized spacial score (nSPS) is 9.10. The van der Waals surface area contributed by atoms with Crippen LogP contribution in [-0.4, -0.2) is 19.3 Å². The van der Waals surface area contributed by atoms with Crippen LogP contribution in [0.1, 0.15) is 13.8 Å². The van der Waals surface area contributed by atoms with Gasteiger partial charge in [-0.25, -0.2) is 0 Å². The molecule has 0 unspecified atom stereocenters. The Labute approximate surface area is 62.4 Å². The zero-order chi connectivity index (χ0) is 7.82. The van der Waals surface area contributed by atoms with E-state index >= 15 is 0 Å². The molecule has 0 heterocycles. The topological polar surface area (TPSA) is 50.1 Å². The molecule has 0 fully saturated rings. The van der Waals surface area contributed by atoms with Gasteiger partial charge in [0, 0.05) is 6.04 Å². The SMILES string of the molecule is CCNC(C#CN)NCC. The molecule has 0 aliphatic carbocycles. The molecule has 0 radical (unpaired) electrons. The maximum Gasteiger partial charge on any atom is 0.123 e. The smallest absolute Gasteiger partial charge is 0.123 e. The molecule has 0 spiro atoms. The van der Waals surface area contributed by atoms with Gasteiger partial charge in [-0.2, -0.15) is 0 Å². The highest BCUT2D eigenvalue weighted by atomic mass is 15.1. The van der Waals surface area contributed by atoms with Gasteiger partial charge in [0.25, 0.3) is 0 Å². The molecule has 0 saturated carbocycles. The van der Waals surface area contributed by atoms with Gasteiger partial charge in [0.2, 0.25) is 0 Å². The van der Waals surface area contributed by atoms with Crippen molar-refractivity contribution in [3.63, 3.8) is 0 Å². The lowest BCUT2D eigenvalue weighted by atomic mass is 10.4. The predicted molar refractivity (Wildman–Crippen MR) is 43.1 cm³/mol. The van der Waals surface area contributed by atoms with Crippen molar-refractivity contribution < 1.29 is 0 Å². The second kappa shape index (κ2) is 6.40. The van der Waals surface area contributed by atoms with Crippen LogP contribution in [0.25, 0.3) is 0 Å². The average molecular weight is 141 g/mol. The maximum absolute atomic E-state index is 5.05. The van der Waals surface area contributed by atoms with Crippen molar-refractivity contribution in [2.24, 2.45) is 5.73 Å². The summed E-state index contributed by atoms with van der Waals surface area (Å²) in [6, 6.07) is 2.36. The maximum atomic E-state index is 5.05. The molecular formula is C7H15N3. The molecule has 0 aromatic heterocycles. The molecule has 3 nitrogen and oxygen atoms in total. The van der Waals surface area contributed by atoms with Gasteiger partial charge in [0.05, 0.1) is 0 Å². The number of nitrogens with two attached hydrogens (primary N) is 1. The summed E-state index contributed by atoms with van der Waals surface area (Å²) >= 11 is 0. The Hall–Kier alpha value is -0.720. The van der Waals surface area contributed by atoms with E-state index in [4.69, 9.17) is 5.73 Å². The summed E-state index contributed by atoms with van der Waals surface area (Å²) in [5, 5.41) is 6.24. The fraction of sp³-hybridized carbons (Fsp3) is 0.714. The summed E-state index contributed by atoms with van der Waals surface area (Å²) < 4.78 is 0.